The van der Waals surface area contributed by atoms with E-state index in [1.165, 1.54) is 11.3 Å². The van der Waals surface area contributed by atoms with Gasteiger partial charge in [-0.3, -0.25) is 9.59 Å². The van der Waals surface area contributed by atoms with Crippen molar-refractivity contribution in [2.75, 3.05) is 13.1 Å². The van der Waals surface area contributed by atoms with Gasteiger partial charge >= 0.3 is 0 Å². The van der Waals surface area contributed by atoms with E-state index in [1.807, 2.05) is 22.4 Å². The minimum atomic E-state index is -0.0468. The molecule has 0 saturated carbocycles. The Kier molecular flexibility index (Phi) is 5.15. The first-order chi connectivity index (χ1) is 11.6. The molecule has 1 fully saturated rings. The van der Waals surface area contributed by atoms with Crippen molar-refractivity contribution in [3.8, 4) is 5.75 Å². The molecule has 1 aliphatic rings. The van der Waals surface area contributed by atoms with Gasteiger partial charge in [0.05, 0.1) is 4.88 Å². The van der Waals surface area contributed by atoms with Gasteiger partial charge in [0.1, 0.15) is 5.75 Å². The molecule has 0 unspecified atom stereocenters. The summed E-state index contributed by atoms with van der Waals surface area (Å²) in [7, 11) is 0. The number of hydrogen-bond donors (Lipinski definition) is 2. The fourth-order valence-electron chi connectivity index (χ4n) is 2.85. The number of nitrogens with zero attached hydrogens (tertiary/aromatic N) is 1. The van der Waals surface area contributed by atoms with Gasteiger partial charge in [-0.1, -0.05) is 18.2 Å². The van der Waals surface area contributed by atoms with Crippen LogP contribution in [0, 0.1) is 5.92 Å². The molecule has 24 heavy (non-hydrogen) atoms. The maximum Gasteiger partial charge on any atom is 0.263 e. The topological polar surface area (TPSA) is 69.6 Å². The van der Waals surface area contributed by atoms with Crippen molar-refractivity contribution in [3.63, 3.8) is 0 Å². The number of carbonyl (C=O) groups is 2. The number of amides is 2. The second-order valence-electron chi connectivity index (χ2n) is 5.93. The van der Waals surface area contributed by atoms with Crippen molar-refractivity contribution in [1.82, 2.24) is 10.2 Å². The van der Waals surface area contributed by atoms with Crippen LogP contribution < -0.4 is 5.32 Å². The number of nitrogens with one attached hydrogen (secondary N) is 1. The SMILES string of the molecule is O=C(NCc1ccc(O)cc1)C1CCN(C(=O)c2cccs2)CC1. The highest BCUT2D eigenvalue weighted by molar-refractivity contribution is 7.12. The van der Waals surface area contributed by atoms with E-state index in [1.54, 1.807) is 24.3 Å². The normalized spacial score (nSPS) is 15.2. The molecule has 2 aromatic rings. The van der Waals surface area contributed by atoms with E-state index in [0.29, 0.717) is 32.5 Å². The Bertz CT molecular complexity index is 690. The Morgan fingerprint density at radius 1 is 1.17 bits per heavy atom. The lowest BCUT2D eigenvalue weighted by atomic mass is 9.95. The molecule has 2 heterocycles. The minimum Gasteiger partial charge on any atom is -0.508 e. The van der Waals surface area contributed by atoms with Gasteiger partial charge in [0, 0.05) is 25.6 Å². The van der Waals surface area contributed by atoms with Crippen molar-refractivity contribution in [2.45, 2.75) is 19.4 Å². The minimum absolute atomic E-state index is 0.0336. The van der Waals surface area contributed by atoms with Crippen LogP contribution in [0.1, 0.15) is 28.1 Å². The Morgan fingerprint density at radius 2 is 1.88 bits per heavy atom. The number of phenols is 1. The van der Waals surface area contributed by atoms with Crippen molar-refractivity contribution < 1.29 is 14.7 Å². The molecular weight excluding hydrogens is 324 g/mol. The Labute approximate surface area is 144 Å². The first kappa shape index (κ1) is 16.5. The smallest absolute Gasteiger partial charge is 0.263 e. The predicted molar refractivity (Wildman–Crippen MR) is 92.9 cm³/mol. The van der Waals surface area contributed by atoms with Gasteiger partial charge in [-0.15, -0.1) is 11.3 Å². The summed E-state index contributed by atoms with van der Waals surface area (Å²) in [6.07, 6.45) is 1.39. The monoisotopic (exact) mass is 344 g/mol. The van der Waals surface area contributed by atoms with Crippen LogP contribution in [0.3, 0.4) is 0 Å². The van der Waals surface area contributed by atoms with E-state index >= 15 is 0 Å². The first-order valence-corrected chi connectivity index (χ1v) is 8.90. The molecule has 1 saturated heterocycles. The van der Waals surface area contributed by atoms with Crippen molar-refractivity contribution in [3.05, 3.63) is 52.2 Å². The van der Waals surface area contributed by atoms with E-state index in [9.17, 15) is 14.7 Å². The lowest BCUT2D eigenvalue weighted by Gasteiger charge is -2.31. The van der Waals surface area contributed by atoms with Crippen LogP contribution in [0.4, 0.5) is 0 Å². The number of likely N-dealkylation sites (tertiary alicyclic amines) is 1. The molecule has 1 aromatic heterocycles. The van der Waals surface area contributed by atoms with Gasteiger partial charge in [-0.25, -0.2) is 0 Å². The average molecular weight is 344 g/mol. The van der Waals surface area contributed by atoms with Gasteiger partial charge in [0.15, 0.2) is 0 Å². The molecule has 2 amide bonds. The molecule has 2 N–H and O–H groups in total. The van der Waals surface area contributed by atoms with Crippen LogP contribution in [0.15, 0.2) is 41.8 Å². The second kappa shape index (κ2) is 7.49. The molecule has 1 aliphatic heterocycles. The standard InChI is InChI=1S/C18H20N2O3S/c21-15-5-3-13(4-6-15)12-19-17(22)14-7-9-20(10-8-14)18(23)16-2-1-11-24-16/h1-6,11,14,21H,7-10,12H2,(H,19,22). The molecule has 0 spiro atoms. The molecule has 3 rings (SSSR count). The highest BCUT2D eigenvalue weighted by Gasteiger charge is 2.27. The molecule has 0 aliphatic carbocycles. The Morgan fingerprint density at radius 3 is 2.50 bits per heavy atom. The maximum atomic E-state index is 12.3. The predicted octanol–water partition coefficient (Wildman–Crippen LogP) is 2.62. The quantitative estimate of drug-likeness (QED) is 0.896. The third-order valence-electron chi connectivity index (χ3n) is 4.29. The summed E-state index contributed by atoms with van der Waals surface area (Å²) in [5.74, 6) is 0.265. The lowest BCUT2D eigenvalue weighted by Crippen LogP contribution is -2.42. The number of hydrogen-bond acceptors (Lipinski definition) is 4. The van der Waals surface area contributed by atoms with E-state index in [-0.39, 0.29) is 23.5 Å². The number of aromatic hydroxyl groups is 1. The number of benzene rings is 1. The van der Waals surface area contributed by atoms with Crippen LogP contribution in [-0.4, -0.2) is 34.9 Å². The van der Waals surface area contributed by atoms with Crippen molar-refractivity contribution in [1.29, 1.82) is 0 Å². The van der Waals surface area contributed by atoms with Gasteiger partial charge in [0.2, 0.25) is 5.91 Å². The van der Waals surface area contributed by atoms with Crippen LogP contribution in [0.25, 0.3) is 0 Å². The Hall–Kier alpha value is -2.34. The largest absolute Gasteiger partial charge is 0.508 e. The highest BCUT2D eigenvalue weighted by atomic mass is 32.1. The van der Waals surface area contributed by atoms with Gasteiger partial charge in [-0.2, -0.15) is 0 Å². The number of phenolic OH excluding ortho intramolecular Hbond substituents is 1. The summed E-state index contributed by atoms with van der Waals surface area (Å²) in [5, 5.41) is 14.1. The molecule has 6 heteroatoms. The average Bonchev–Trinajstić information content (AvgIpc) is 3.15. The van der Waals surface area contributed by atoms with E-state index in [0.717, 1.165) is 10.4 Å². The van der Waals surface area contributed by atoms with Crippen LogP contribution in [-0.2, 0) is 11.3 Å². The molecule has 0 bridgehead atoms. The van der Waals surface area contributed by atoms with Crippen molar-refractivity contribution >= 4 is 23.2 Å². The molecular formula is C18H20N2O3S. The van der Waals surface area contributed by atoms with Gasteiger partial charge in [0.25, 0.3) is 5.91 Å². The fourth-order valence-corrected chi connectivity index (χ4v) is 3.54. The van der Waals surface area contributed by atoms with Gasteiger partial charge < -0.3 is 15.3 Å². The third kappa shape index (κ3) is 3.94. The molecule has 126 valence electrons. The molecule has 0 atom stereocenters. The summed E-state index contributed by atoms with van der Waals surface area (Å²) >= 11 is 1.45. The summed E-state index contributed by atoms with van der Waals surface area (Å²) < 4.78 is 0. The second-order valence-corrected chi connectivity index (χ2v) is 6.88. The summed E-state index contributed by atoms with van der Waals surface area (Å²) in [4.78, 5) is 27.2. The van der Waals surface area contributed by atoms with E-state index < -0.39 is 0 Å². The van der Waals surface area contributed by atoms with Crippen LogP contribution >= 0.6 is 11.3 Å². The maximum absolute atomic E-state index is 12.3. The number of thiophene rings is 1. The first-order valence-electron chi connectivity index (χ1n) is 8.02. The summed E-state index contributed by atoms with van der Waals surface area (Å²) in [6.45, 7) is 1.69. The fraction of sp³-hybridized carbons (Fsp3) is 0.333. The molecule has 5 nitrogen and oxygen atoms in total. The number of carbonyl (C=O) groups excluding carboxylic acids is 2. The molecule has 1 aromatic carbocycles. The summed E-state index contributed by atoms with van der Waals surface area (Å²) in [5.41, 5.74) is 0.950. The lowest BCUT2D eigenvalue weighted by molar-refractivity contribution is -0.126. The number of piperidine rings is 1. The van der Waals surface area contributed by atoms with Crippen LogP contribution in [0.2, 0.25) is 0 Å². The highest BCUT2D eigenvalue weighted by Crippen LogP contribution is 2.21. The van der Waals surface area contributed by atoms with Crippen molar-refractivity contribution in [2.24, 2.45) is 5.92 Å². The summed E-state index contributed by atoms with van der Waals surface area (Å²) in [6, 6.07) is 10.5. The number of rotatable bonds is 4. The third-order valence-corrected chi connectivity index (χ3v) is 5.15. The van der Waals surface area contributed by atoms with Crippen LogP contribution in [0.5, 0.6) is 5.75 Å². The molecule has 0 radical (unpaired) electrons. The van der Waals surface area contributed by atoms with E-state index in [2.05, 4.69) is 5.32 Å². The van der Waals surface area contributed by atoms with E-state index in [4.69, 9.17) is 0 Å². The zero-order valence-electron chi connectivity index (χ0n) is 13.3. The van der Waals surface area contributed by atoms with Gasteiger partial charge in [-0.05, 0) is 42.0 Å². The Balaban J connectivity index is 1.46. The zero-order chi connectivity index (χ0) is 16.9. The zero-order valence-corrected chi connectivity index (χ0v) is 14.1.